The topological polar surface area (TPSA) is 23.6 Å². The van der Waals surface area contributed by atoms with Gasteiger partial charge in [0.1, 0.15) is 0 Å². The minimum atomic E-state index is 0.229. The van der Waals surface area contributed by atoms with Crippen LogP contribution in [0.5, 0.6) is 0 Å². The molecule has 1 saturated heterocycles. The maximum atomic E-state index is 11.3. The summed E-state index contributed by atoms with van der Waals surface area (Å²) in [5.74, 6) is 0.229. The van der Waals surface area contributed by atoms with Crippen LogP contribution in [0, 0.1) is 0 Å². The van der Waals surface area contributed by atoms with Crippen LogP contribution < -0.4 is 0 Å². The highest BCUT2D eigenvalue weighted by molar-refractivity contribution is 5.73. The van der Waals surface area contributed by atoms with E-state index in [1.165, 1.54) is 32.2 Å². The van der Waals surface area contributed by atoms with Gasteiger partial charge < -0.3 is 9.80 Å². The van der Waals surface area contributed by atoms with E-state index in [9.17, 15) is 4.79 Å². The first-order chi connectivity index (χ1) is 7.74. The van der Waals surface area contributed by atoms with Gasteiger partial charge in [0.2, 0.25) is 5.91 Å². The van der Waals surface area contributed by atoms with Crippen molar-refractivity contribution in [3.63, 3.8) is 0 Å². The van der Waals surface area contributed by atoms with Crippen LogP contribution in [-0.2, 0) is 4.79 Å². The smallest absolute Gasteiger partial charge is 0.219 e. The first-order valence-corrected chi connectivity index (χ1v) is 6.72. The van der Waals surface area contributed by atoms with Crippen molar-refractivity contribution in [3.05, 3.63) is 0 Å². The molecule has 0 aromatic heterocycles. The van der Waals surface area contributed by atoms with Gasteiger partial charge in [-0.15, -0.1) is 0 Å². The SMILES string of the molecule is CCCCCCN1CCCN(C(C)=O)CC1. The molecule has 1 rings (SSSR count). The van der Waals surface area contributed by atoms with Crippen LogP contribution >= 0.6 is 0 Å². The first kappa shape index (κ1) is 13.5. The molecule has 3 nitrogen and oxygen atoms in total. The highest BCUT2D eigenvalue weighted by Crippen LogP contribution is 2.06. The van der Waals surface area contributed by atoms with Gasteiger partial charge in [-0.2, -0.15) is 0 Å². The quantitative estimate of drug-likeness (QED) is 0.670. The van der Waals surface area contributed by atoms with E-state index in [0.29, 0.717) is 0 Å². The summed E-state index contributed by atoms with van der Waals surface area (Å²) in [6.07, 6.45) is 6.45. The molecule has 1 aliphatic rings. The van der Waals surface area contributed by atoms with Crippen molar-refractivity contribution in [2.45, 2.75) is 46.0 Å². The van der Waals surface area contributed by atoms with Crippen LogP contribution in [0.15, 0.2) is 0 Å². The average Bonchev–Trinajstić information content (AvgIpc) is 2.50. The van der Waals surface area contributed by atoms with Crippen molar-refractivity contribution in [1.82, 2.24) is 9.80 Å². The first-order valence-electron chi connectivity index (χ1n) is 6.72. The third kappa shape index (κ3) is 4.97. The molecule has 0 radical (unpaired) electrons. The van der Waals surface area contributed by atoms with Crippen molar-refractivity contribution >= 4 is 5.91 Å². The molecule has 0 saturated carbocycles. The number of hydrogen-bond acceptors (Lipinski definition) is 2. The molecule has 0 aliphatic carbocycles. The van der Waals surface area contributed by atoms with Crippen molar-refractivity contribution in [3.8, 4) is 0 Å². The minimum Gasteiger partial charge on any atom is -0.342 e. The van der Waals surface area contributed by atoms with Gasteiger partial charge in [0.25, 0.3) is 0 Å². The molecule has 0 bridgehead atoms. The monoisotopic (exact) mass is 226 g/mol. The standard InChI is InChI=1S/C13H26N2O/c1-3-4-5-6-8-14-9-7-10-15(12-11-14)13(2)16/h3-12H2,1-2H3. The number of amides is 1. The summed E-state index contributed by atoms with van der Waals surface area (Å²) >= 11 is 0. The fourth-order valence-corrected chi connectivity index (χ4v) is 2.27. The van der Waals surface area contributed by atoms with Gasteiger partial charge >= 0.3 is 0 Å². The highest BCUT2D eigenvalue weighted by Gasteiger charge is 2.15. The molecule has 16 heavy (non-hydrogen) atoms. The van der Waals surface area contributed by atoms with E-state index >= 15 is 0 Å². The average molecular weight is 226 g/mol. The summed E-state index contributed by atoms with van der Waals surface area (Å²) in [7, 11) is 0. The lowest BCUT2D eigenvalue weighted by molar-refractivity contribution is -0.128. The van der Waals surface area contributed by atoms with Crippen LogP contribution in [0.3, 0.4) is 0 Å². The summed E-state index contributed by atoms with van der Waals surface area (Å²) in [6.45, 7) is 9.23. The predicted octanol–water partition coefficient (Wildman–Crippen LogP) is 2.12. The molecule has 3 heteroatoms. The Labute approximate surface area is 99.8 Å². The number of nitrogens with zero attached hydrogens (tertiary/aromatic N) is 2. The Morgan fingerprint density at radius 3 is 2.56 bits per heavy atom. The minimum absolute atomic E-state index is 0.229. The molecule has 1 amide bonds. The largest absolute Gasteiger partial charge is 0.342 e. The number of unbranched alkanes of at least 4 members (excludes halogenated alkanes) is 3. The molecule has 0 spiro atoms. The van der Waals surface area contributed by atoms with Gasteiger partial charge in [-0.05, 0) is 25.9 Å². The second kappa shape index (κ2) is 7.66. The van der Waals surface area contributed by atoms with Gasteiger partial charge in [0.05, 0.1) is 0 Å². The normalized spacial score (nSPS) is 18.5. The van der Waals surface area contributed by atoms with Crippen molar-refractivity contribution < 1.29 is 4.79 Å². The fraction of sp³-hybridized carbons (Fsp3) is 0.923. The van der Waals surface area contributed by atoms with Gasteiger partial charge in [0.15, 0.2) is 0 Å². The number of hydrogen-bond donors (Lipinski definition) is 0. The van der Waals surface area contributed by atoms with Gasteiger partial charge in [-0.25, -0.2) is 0 Å². The summed E-state index contributed by atoms with van der Waals surface area (Å²) in [6, 6.07) is 0. The zero-order valence-electron chi connectivity index (χ0n) is 10.9. The highest BCUT2D eigenvalue weighted by atomic mass is 16.2. The van der Waals surface area contributed by atoms with Crippen molar-refractivity contribution in [1.29, 1.82) is 0 Å². The molecule has 0 unspecified atom stereocenters. The Kier molecular flexibility index (Phi) is 6.46. The lowest BCUT2D eigenvalue weighted by Gasteiger charge is -2.20. The third-order valence-electron chi connectivity index (χ3n) is 3.36. The third-order valence-corrected chi connectivity index (χ3v) is 3.36. The molecule has 1 heterocycles. The Bertz CT molecular complexity index is 206. The van der Waals surface area contributed by atoms with E-state index in [2.05, 4.69) is 11.8 Å². The second-order valence-electron chi connectivity index (χ2n) is 4.76. The van der Waals surface area contributed by atoms with Crippen LogP contribution in [0.2, 0.25) is 0 Å². The van der Waals surface area contributed by atoms with Crippen LogP contribution in [-0.4, -0.2) is 48.4 Å². The molecule has 0 aromatic rings. The molecular weight excluding hydrogens is 200 g/mol. The van der Waals surface area contributed by atoms with Crippen LogP contribution in [0.25, 0.3) is 0 Å². The fourth-order valence-electron chi connectivity index (χ4n) is 2.27. The summed E-state index contributed by atoms with van der Waals surface area (Å²) in [5.41, 5.74) is 0. The lowest BCUT2D eigenvalue weighted by atomic mass is 10.2. The van der Waals surface area contributed by atoms with Crippen molar-refractivity contribution in [2.75, 3.05) is 32.7 Å². The molecule has 0 atom stereocenters. The van der Waals surface area contributed by atoms with Gasteiger partial charge in [-0.1, -0.05) is 26.2 Å². The van der Waals surface area contributed by atoms with Crippen molar-refractivity contribution in [2.24, 2.45) is 0 Å². The summed E-state index contributed by atoms with van der Waals surface area (Å²) in [5, 5.41) is 0. The molecular formula is C13H26N2O. The number of carbonyl (C=O) groups excluding carboxylic acids is 1. The van der Waals surface area contributed by atoms with E-state index in [-0.39, 0.29) is 5.91 Å². The molecule has 0 N–H and O–H groups in total. The zero-order valence-corrected chi connectivity index (χ0v) is 10.9. The zero-order chi connectivity index (χ0) is 11.8. The predicted molar refractivity (Wildman–Crippen MR) is 67.5 cm³/mol. The summed E-state index contributed by atoms with van der Waals surface area (Å²) < 4.78 is 0. The molecule has 0 aromatic carbocycles. The number of rotatable bonds is 5. The lowest BCUT2D eigenvalue weighted by Crippen LogP contribution is -2.33. The number of carbonyl (C=O) groups is 1. The Hall–Kier alpha value is -0.570. The van der Waals surface area contributed by atoms with E-state index < -0.39 is 0 Å². The summed E-state index contributed by atoms with van der Waals surface area (Å²) in [4.78, 5) is 15.8. The maximum Gasteiger partial charge on any atom is 0.219 e. The van der Waals surface area contributed by atoms with E-state index in [0.717, 1.165) is 32.6 Å². The van der Waals surface area contributed by atoms with Crippen LogP contribution in [0.4, 0.5) is 0 Å². The van der Waals surface area contributed by atoms with E-state index in [4.69, 9.17) is 0 Å². The van der Waals surface area contributed by atoms with Gasteiger partial charge in [-0.3, -0.25) is 4.79 Å². The maximum absolute atomic E-state index is 11.3. The Balaban J connectivity index is 2.17. The van der Waals surface area contributed by atoms with E-state index in [1.807, 2.05) is 4.90 Å². The molecule has 1 fully saturated rings. The molecule has 1 aliphatic heterocycles. The van der Waals surface area contributed by atoms with E-state index in [1.54, 1.807) is 6.92 Å². The second-order valence-corrected chi connectivity index (χ2v) is 4.76. The van der Waals surface area contributed by atoms with Crippen LogP contribution in [0.1, 0.15) is 46.0 Å². The Morgan fingerprint density at radius 1 is 1.06 bits per heavy atom. The molecule has 94 valence electrons. The Morgan fingerprint density at radius 2 is 1.88 bits per heavy atom. The van der Waals surface area contributed by atoms with Gasteiger partial charge in [0, 0.05) is 26.6 Å².